The van der Waals surface area contributed by atoms with Gasteiger partial charge >= 0.3 is 0 Å². The van der Waals surface area contributed by atoms with Crippen molar-refractivity contribution < 1.29 is 14.3 Å². The smallest absolute Gasteiger partial charge is 0.223 e. The fourth-order valence-electron chi connectivity index (χ4n) is 3.99. The normalized spacial score (nSPS) is 13.2. The van der Waals surface area contributed by atoms with Gasteiger partial charge in [0.05, 0.1) is 7.11 Å². The molecule has 2 amide bonds. The maximum atomic E-state index is 12.7. The Morgan fingerprint density at radius 3 is 2.77 bits per heavy atom. The van der Waals surface area contributed by atoms with Gasteiger partial charge < -0.3 is 19.9 Å². The molecule has 4 rings (SSSR count). The third kappa shape index (κ3) is 4.48. The fourth-order valence-corrected chi connectivity index (χ4v) is 3.99. The minimum atomic E-state index is -0.0752. The first-order valence-electron chi connectivity index (χ1n) is 10.4. The van der Waals surface area contributed by atoms with Gasteiger partial charge in [0, 0.05) is 61.1 Å². The standard InChI is InChI=1S/C24H27N3O3/c1-30-18-7-8-21-19(15-18)20-16-27(14-12-22(20)26-21)24(29)10-9-23(28)25-13-11-17-5-3-2-4-6-17/h2-8,15,26H,9-14,16H2,1H3,(H,25,28). The molecule has 6 nitrogen and oxygen atoms in total. The molecule has 1 aliphatic rings. The number of aromatic amines is 1. The van der Waals surface area contributed by atoms with Crippen molar-refractivity contribution in [1.82, 2.24) is 15.2 Å². The average Bonchev–Trinajstić information content (AvgIpc) is 3.15. The van der Waals surface area contributed by atoms with E-state index in [0.29, 0.717) is 19.6 Å². The van der Waals surface area contributed by atoms with Gasteiger partial charge in [-0.15, -0.1) is 0 Å². The van der Waals surface area contributed by atoms with Crippen LogP contribution in [0.4, 0.5) is 0 Å². The first kappa shape index (κ1) is 20.0. The summed E-state index contributed by atoms with van der Waals surface area (Å²) in [6.45, 7) is 1.82. The first-order chi connectivity index (χ1) is 14.6. The van der Waals surface area contributed by atoms with E-state index < -0.39 is 0 Å². The molecule has 0 unspecified atom stereocenters. The number of nitrogens with one attached hydrogen (secondary N) is 2. The Morgan fingerprint density at radius 1 is 1.13 bits per heavy atom. The third-order valence-corrected chi connectivity index (χ3v) is 5.68. The van der Waals surface area contributed by atoms with E-state index >= 15 is 0 Å². The maximum Gasteiger partial charge on any atom is 0.223 e. The van der Waals surface area contributed by atoms with Crippen LogP contribution in [0.5, 0.6) is 5.75 Å². The molecule has 6 heteroatoms. The van der Waals surface area contributed by atoms with Crippen LogP contribution in [0.15, 0.2) is 48.5 Å². The Labute approximate surface area is 176 Å². The van der Waals surface area contributed by atoms with Crippen LogP contribution in [-0.4, -0.2) is 41.9 Å². The quantitative estimate of drug-likeness (QED) is 0.634. The van der Waals surface area contributed by atoms with E-state index in [2.05, 4.69) is 10.3 Å². The summed E-state index contributed by atoms with van der Waals surface area (Å²) in [5.74, 6) is 0.754. The summed E-state index contributed by atoms with van der Waals surface area (Å²) in [5, 5.41) is 4.01. The molecule has 0 atom stereocenters. The molecule has 30 heavy (non-hydrogen) atoms. The highest BCUT2D eigenvalue weighted by molar-refractivity contribution is 5.88. The lowest BCUT2D eigenvalue weighted by Crippen LogP contribution is -2.36. The molecule has 1 aromatic heterocycles. The molecular formula is C24H27N3O3. The van der Waals surface area contributed by atoms with Gasteiger partial charge in [-0.2, -0.15) is 0 Å². The first-order valence-corrected chi connectivity index (χ1v) is 10.4. The van der Waals surface area contributed by atoms with Crippen LogP contribution in [0.1, 0.15) is 29.7 Å². The monoisotopic (exact) mass is 405 g/mol. The Bertz CT molecular complexity index is 1040. The number of aromatic nitrogens is 1. The largest absolute Gasteiger partial charge is 0.497 e. The average molecular weight is 405 g/mol. The predicted molar refractivity (Wildman–Crippen MR) is 116 cm³/mol. The fraction of sp³-hybridized carbons (Fsp3) is 0.333. The number of hydrogen-bond acceptors (Lipinski definition) is 3. The van der Waals surface area contributed by atoms with E-state index in [1.54, 1.807) is 7.11 Å². The number of carbonyl (C=O) groups excluding carboxylic acids is 2. The van der Waals surface area contributed by atoms with Gasteiger partial charge in [0.1, 0.15) is 5.75 Å². The summed E-state index contributed by atoms with van der Waals surface area (Å²) >= 11 is 0. The Hall–Kier alpha value is -3.28. The van der Waals surface area contributed by atoms with Crippen molar-refractivity contribution in [3.63, 3.8) is 0 Å². The number of H-pyrrole nitrogens is 1. The minimum Gasteiger partial charge on any atom is -0.497 e. The molecule has 0 saturated carbocycles. The van der Waals surface area contributed by atoms with E-state index in [-0.39, 0.29) is 24.7 Å². The number of fused-ring (bicyclic) bond motifs is 3. The van der Waals surface area contributed by atoms with E-state index in [9.17, 15) is 9.59 Å². The van der Waals surface area contributed by atoms with E-state index in [4.69, 9.17) is 4.74 Å². The van der Waals surface area contributed by atoms with Crippen LogP contribution in [0.3, 0.4) is 0 Å². The van der Waals surface area contributed by atoms with Gasteiger partial charge in [-0.05, 0) is 30.2 Å². The Kier molecular flexibility index (Phi) is 6.02. The molecule has 2 aromatic carbocycles. The van der Waals surface area contributed by atoms with Gasteiger partial charge in [-0.25, -0.2) is 0 Å². The molecule has 0 fully saturated rings. The van der Waals surface area contributed by atoms with Crippen LogP contribution in [0.25, 0.3) is 10.9 Å². The third-order valence-electron chi connectivity index (χ3n) is 5.68. The van der Waals surface area contributed by atoms with Crippen LogP contribution in [0.2, 0.25) is 0 Å². The van der Waals surface area contributed by atoms with Gasteiger partial charge in [0.15, 0.2) is 0 Å². The molecule has 156 valence electrons. The van der Waals surface area contributed by atoms with Gasteiger partial charge in [-0.3, -0.25) is 9.59 Å². The van der Waals surface area contributed by atoms with Crippen LogP contribution >= 0.6 is 0 Å². The summed E-state index contributed by atoms with van der Waals surface area (Å²) in [6.07, 6.45) is 2.04. The highest BCUT2D eigenvalue weighted by Gasteiger charge is 2.24. The Morgan fingerprint density at radius 2 is 1.97 bits per heavy atom. The number of nitrogens with zero attached hydrogens (tertiary/aromatic N) is 1. The van der Waals surface area contributed by atoms with Gasteiger partial charge in [0.25, 0.3) is 0 Å². The number of amides is 2. The zero-order valence-corrected chi connectivity index (χ0v) is 17.2. The van der Waals surface area contributed by atoms with Crippen molar-refractivity contribution in [1.29, 1.82) is 0 Å². The highest BCUT2D eigenvalue weighted by atomic mass is 16.5. The summed E-state index contributed by atoms with van der Waals surface area (Å²) in [4.78, 5) is 30.1. The van der Waals surface area contributed by atoms with Gasteiger partial charge in [-0.1, -0.05) is 30.3 Å². The molecular weight excluding hydrogens is 378 g/mol. The lowest BCUT2D eigenvalue weighted by molar-refractivity contribution is -0.134. The topological polar surface area (TPSA) is 74.4 Å². The summed E-state index contributed by atoms with van der Waals surface area (Å²) in [5.41, 5.74) is 4.58. The summed E-state index contributed by atoms with van der Waals surface area (Å²) in [6, 6.07) is 16.0. The van der Waals surface area contributed by atoms with Crippen molar-refractivity contribution in [3.8, 4) is 5.75 Å². The number of methoxy groups -OCH3 is 1. The lowest BCUT2D eigenvalue weighted by atomic mass is 10.0. The second-order valence-corrected chi connectivity index (χ2v) is 7.64. The van der Waals surface area contributed by atoms with Crippen molar-refractivity contribution >= 4 is 22.7 Å². The summed E-state index contributed by atoms with van der Waals surface area (Å²) < 4.78 is 5.34. The Balaban J connectivity index is 1.29. The highest BCUT2D eigenvalue weighted by Crippen LogP contribution is 2.30. The SMILES string of the molecule is COc1ccc2[nH]c3c(c2c1)CN(C(=O)CCC(=O)NCCc1ccccc1)CC3. The molecule has 1 aliphatic heterocycles. The maximum absolute atomic E-state index is 12.7. The second kappa shape index (κ2) is 9.03. The molecule has 0 aliphatic carbocycles. The molecule has 2 heterocycles. The zero-order valence-electron chi connectivity index (χ0n) is 17.2. The van der Waals surface area contributed by atoms with Crippen molar-refractivity contribution in [2.45, 2.75) is 32.2 Å². The summed E-state index contributed by atoms with van der Waals surface area (Å²) in [7, 11) is 1.65. The minimum absolute atomic E-state index is 0.0242. The number of ether oxygens (including phenoxy) is 1. The van der Waals surface area contributed by atoms with Crippen LogP contribution in [-0.2, 0) is 29.0 Å². The number of carbonyl (C=O) groups is 2. The lowest BCUT2D eigenvalue weighted by Gasteiger charge is -2.27. The predicted octanol–water partition coefficient (Wildman–Crippen LogP) is 3.20. The van der Waals surface area contributed by atoms with Crippen molar-refractivity contribution in [2.24, 2.45) is 0 Å². The van der Waals surface area contributed by atoms with Crippen LogP contribution in [0, 0.1) is 0 Å². The molecule has 0 saturated heterocycles. The molecule has 0 bridgehead atoms. The van der Waals surface area contributed by atoms with Crippen LogP contribution < -0.4 is 10.1 Å². The molecule has 2 N–H and O–H groups in total. The van der Waals surface area contributed by atoms with E-state index in [0.717, 1.165) is 35.1 Å². The van der Waals surface area contributed by atoms with Crippen molar-refractivity contribution in [3.05, 3.63) is 65.4 Å². The zero-order chi connectivity index (χ0) is 20.9. The number of benzene rings is 2. The molecule has 0 spiro atoms. The number of rotatable bonds is 7. The number of hydrogen-bond donors (Lipinski definition) is 2. The molecule has 0 radical (unpaired) electrons. The second-order valence-electron chi connectivity index (χ2n) is 7.64. The van der Waals surface area contributed by atoms with Crippen molar-refractivity contribution in [2.75, 3.05) is 20.2 Å². The van der Waals surface area contributed by atoms with E-state index in [1.165, 1.54) is 11.3 Å². The van der Waals surface area contributed by atoms with E-state index in [1.807, 2.05) is 53.4 Å². The molecule has 3 aromatic rings. The van der Waals surface area contributed by atoms with Gasteiger partial charge in [0.2, 0.25) is 11.8 Å².